The second-order valence-electron chi connectivity index (χ2n) is 6.45. The van der Waals surface area contributed by atoms with E-state index in [9.17, 15) is 9.90 Å². The summed E-state index contributed by atoms with van der Waals surface area (Å²) in [5.74, 6) is 1.32. The van der Waals surface area contributed by atoms with Gasteiger partial charge in [0.2, 0.25) is 5.88 Å². The van der Waals surface area contributed by atoms with Gasteiger partial charge in [-0.05, 0) is 24.6 Å². The smallest absolute Gasteiger partial charge is 0.407 e. The molecule has 1 N–H and O–H groups in total. The quantitative estimate of drug-likeness (QED) is 0.752. The molecule has 1 amide bonds. The summed E-state index contributed by atoms with van der Waals surface area (Å²) >= 11 is 0. The molecule has 0 aromatic carbocycles. The number of nitrogens with zero attached hydrogens (tertiary/aromatic N) is 6. The molecule has 1 fully saturated rings. The minimum atomic E-state index is -0.910. The Bertz CT molecular complexity index is 988. The molecule has 0 spiro atoms. The maximum absolute atomic E-state index is 11.2. The van der Waals surface area contributed by atoms with Gasteiger partial charge in [0.1, 0.15) is 5.82 Å². The fraction of sp³-hybridized carbons (Fsp3) is 0.333. The first-order chi connectivity index (χ1) is 13.1. The van der Waals surface area contributed by atoms with Crippen molar-refractivity contribution in [2.24, 2.45) is 0 Å². The van der Waals surface area contributed by atoms with Gasteiger partial charge in [-0.15, -0.1) is 0 Å². The molecular weight excluding hydrogens is 348 g/mol. The summed E-state index contributed by atoms with van der Waals surface area (Å²) in [6.07, 6.45) is 5.15. The zero-order valence-electron chi connectivity index (χ0n) is 15.1. The summed E-state index contributed by atoms with van der Waals surface area (Å²) in [4.78, 5) is 23.7. The highest BCUT2D eigenvalue weighted by Gasteiger charge is 2.29. The van der Waals surface area contributed by atoms with Crippen LogP contribution in [0.15, 0.2) is 36.8 Å². The van der Waals surface area contributed by atoms with E-state index in [4.69, 9.17) is 9.72 Å². The van der Waals surface area contributed by atoms with Crippen molar-refractivity contribution in [1.82, 2.24) is 24.5 Å². The monoisotopic (exact) mass is 368 g/mol. The average molecular weight is 368 g/mol. The third kappa shape index (κ3) is 3.01. The molecule has 27 heavy (non-hydrogen) atoms. The van der Waals surface area contributed by atoms with E-state index < -0.39 is 6.09 Å². The molecular formula is C18H20N6O3. The van der Waals surface area contributed by atoms with Crippen molar-refractivity contribution in [2.45, 2.75) is 12.5 Å². The summed E-state index contributed by atoms with van der Waals surface area (Å²) in [7, 11) is 3.19. The number of pyridine rings is 1. The van der Waals surface area contributed by atoms with Crippen molar-refractivity contribution >= 4 is 17.6 Å². The summed E-state index contributed by atoms with van der Waals surface area (Å²) < 4.78 is 7.07. The Morgan fingerprint density at radius 2 is 2.22 bits per heavy atom. The molecule has 9 heteroatoms. The molecule has 140 valence electrons. The van der Waals surface area contributed by atoms with Crippen LogP contribution in [0.5, 0.6) is 5.88 Å². The molecule has 4 rings (SSSR count). The summed E-state index contributed by atoms with van der Waals surface area (Å²) in [5, 5.41) is 13.6. The number of likely N-dealkylation sites (N-methyl/N-ethyl adjacent to an activating group) is 1. The van der Waals surface area contributed by atoms with Crippen LogP contribution in [0.4, 0.5) is 10.6 Å². The number of methoxy groups -OCH3 is 1. The van der Waals surface area contributed by atoms with Gasteiger partial charge in [0, 0.05) is 38.1 Å². The highest BCUT2D eigenvalue weighted by Crippen LogP contribution is 2.31. The summed E-state index contributed by atoms with van der Waals surface area (Å²) in [5.41, 5.74) is 2.36. The van der Waals surface area contributed by atoms with E-state index in [0.29, 0.717) is 18.1 Å². The van der Waals surface area contributed by atoms with Gasteiger partial charge < -0.3 is 19.6 Å². The van der Waals surface area contributed by atoms with E-state index in [2.05, 4.69) is 15.0 Å². The molecule has 4 heterocycles. The van der Waals surface area contributed by atoms with Crippen molar-refractivity contribution in [3.8, 4) is 17.0 Å². The van der Waals surface area contributed by atoms with E-state index >= 15 is 0 Å². The standard InChI is InChI=1S/C18H20N6O3/c1-22(18(25)26)12-5-8-23(11-12)15-6-9-24-16(21-15)14(10-20-24)13-4-3-7-19-17(13)27-2/h3-4,6-7,9-10,12H,5,8,11H2,1-2H3,(H,25,26). The molecule has 3 aromatic rings. The zero-order valence-corrected chi connectivity index (χ0v) is 15.1. The minimum Gasteiger partial charge on any atom is -0.481 e. The molecule has 1 saturated heterocycles. The number of anilines is 1. The van der Waals surface area contributed by atoms with E-state index in [1.165, 1.54) is 4.90 Å². The number of ether oxygens (including phenoxy) is 1. The van der Waals surface area contributed by atoms with Gasteiger partial charge in [0.25, 0.3) is 0 Å². The number of hydrogen-bond donors (Lipinski definition) is 1. The van der Waals surface area contributed by atoms with Gasteiger partial charge >= 0.3 is 6.09 Å². The minimum absolute atomic E-state index is 0.0386. The fourth-order valence-corrected chi connectivity index (χ4v) is 3.41. The third-order valence-electron chi connectivity index (χ3n) is 4.95. The van der Waals surface area contributed by atoms with Crippen molar-refractivity contribution in [3.63, 3.8) is 0 Å². The highest BCUT2D eigenvalue weighted by molar-refractivity contribution is 5.80. The van der Waals surface area contributed by atoms with Gasteiger partial charge in [-0.3, -0.25) is 0 Å². The Kier molecular flexibility index (Phi) is 4.27. The lowest BCUT2D eigenvalue weighted by molar-refractivity contribution is 0.142. The molecule has 1 unspecified atom stereocenters. The lowest BCUT2D eigenvalue weighted by Crippen LogP contribution is -2.38. The van der Waals surface area contributed by atoms with Crippen LogP contribution in [-0.4, -0.2) is 69.0 Å². The maximum Gasteiger partial charge on any atom is 0.407 e. The van der Waals surface area contributed by atoms with Gasteiger partial charge in [-0.25, -0.2) is 19.3 Å². The highest BCUT2D eigenvalue weighted by atomic mass is 16.5. The number of carbonyl (C=O) groups is 1. The van der Waals surface area contributed by atoms with Crippen LogP contribution in [0.3, 0.4) is 0 Å². The predicted octanol–water partition coefficient (Wildman–Crippen LogP) is 1.99. The van der Waals surface area contributed by atoms with E-state index in [-0.39, 0.29) is 6.04 Å². The predicted molar refractivity (Wildman–Crippen MR) is 99.2 cm³/mol. The largest absolute Gasteiger partial charge is 0.481 e. The number of hydrogen-bond acceptors (Lipinski definition) is 6. The van der Waals surface area contributed by atoms with Crippen molar-refractivity contribution < 1.29 is 14.6 Å². The second kappa shape index (κ2) is 6.75. The van der Waals surface area contributed by atoms with Gasteiger partial charge in [0.05, 0.1) is 24.9 Å². The Morgan fingerprint density at radius 1 is 1.37 bits per heavy atom. The van der Waals surface area contributed by atoms with Crippen LogP contribution in [0, 0.1) is 0 Å². The van der Waals surface area contributed by atoms with Crippen LogP contribution in [-0.2, 0) is 0 Å². The average Bonchev–Trinajstić information content (AvgIpc) is 3.34. The first-order valence-electron chi connectivity index (χ1n) is 8.63. The number of fused-ring (bicyclic) bond motifs is 1. The van der Waals surface area contributed by atoms with E-state index in [1.807, 2.05) is 24.4 Å². The topological polar surface area (TPSA) is 96.1 Å². The molecule has 9 nitrogen and oxygen atoms in total. The second-order valence-corrected chi connectivity index (χ2v) is 6.45. The van der Waals surface area contributed by atoms with Gasteiger partial charge in [0.15, 0.2) is 5.65 Å². The van der Waals surface area contributed by atoms with Crippen molar-refractivity contribution in [3.05, 3.63) is 36.8 Å². The Hall–Kier alpha value is -3.36. The number of rotatable bonds is 4. The van der Waals surface area contributed by atoms with Gasteiger partial charge in [-0.1, -0.05) is 0 Å². The van der Waals surface area contributed by atoms with Crippen LogP contribution < -0.4 is 9.64 Å². The van der Waals surface area contributed by atoms with Crippen LogP contribution >= 0.6 is 0 Å². The Labute approximate surface area is 155 Å². The first kappa shape index (κ1) is 17.1. The Balaban J connectivity index is 1.68. The van der Waals surface area contributed by atoms with Crippen LogP contribution in [0.1, 0.15) is 6.42 Å². The number of carboxylic acid groups (broad SMARTS) is 1. The fourth-order valence-electron chi connectivity index (χ4n) is 3.41. The number of aromatic nitrogens is 4. The lowest BCUT2D eigenvalue weighted by atomic mass is 10.1. The lowest BCUT2D eigenvalue weighted by Gasteiger charge is -2.22. The molecule has 0 aliphatic carbocycles. The molecule has 1 atom stereocenters. The Morgan fingerprint density at radius 3 is 3.00 bits per heavy atom. The third-order valence-corrected chi connectivity index (χ3v) is 4.95. The van der Waals surface area contributed by atoms with Gasteiger partial charge in [-0.2, -0.15) is 5.10 Å². The zero-order chi connectivity index (χ0) is 19.0. The van der Waals surface area contributed by atoms with Crippen LogP contribution in [0.25, 0.3) is 16.8 Å². The SMILES string of the molecule is COc1ncccc1-c1cnn2ccc(N3CCC(N(C)C(=O)O)C3)nc12. The first-order valence-corrected chi connectivity index (χ1v) is 8.63. The molecule has 1 aliphatic rings. The molecule has 0 bridgehead atoms. The molecule has 3 aromatic heterocycles. The maximum atomic E-state index is 11.2. The van der Waals surface area contributed by atoms with E-state index in [0.717, 1.165) is 29.9 Å². The molecule has 1 aliphatic heterocycles. The van der Waals surface area contributed by atoms with Crippen molar-refractivity contribution in [1.29, 1.82) is 0 Å². The van der Waals surface area contributed by atoms with E-state index in [1.54, 1.807) is 31.1 Å². The van der Waals surface area contributed by atoms with Crippen LogP contribution in [0.2, 0.25) is 0 Å². The normalized spacial score (nSPS) is 16.7. The number of amides is 1. The van der Waals surface area contributed by atoms with Crippen molar-refractivity contribution in [2.75, 3.05) is 32.1 Å². The summed E-state index contributed by atoms with van der Waals surface area (Å²) in [6.45, 7) is 1.37. The molecule has 0 saturated carbocycles. The summed E-state index contributed by atoms with van der Waals surface area (Å²) in [6, 6.07) is 5.62. The molecule has 0 radical (unpaired) electrons.